The molecule has 2 atom stereocenters. The zero-order valence-electron chi connectivity index (χ0n) is 8.36. The molecule has 0 spiro atoms. The van der Waals surface area contributed by atoms with E-state index in [9.17, 15) is 8.42 Å². The molecule has 1 heterocycles. The molecule has 0 radical (unpaired) electrons. The molecule has 13 heavy (non-hydrogen) atoms. The molecule has 1 aliphatic rings. The van der Waals surface area contributed by atoms with Crippen LogP contribution in [0.5, 0.6) is 0 Å². The predicted molar refractivity (Wildman–Crippen MR) is 51.0 cm³/mol. The predicted octanol–water partition coefficient (Wildman–Crippen LogP) is 0.445. The van der Waals surface area contributed by atoms with Gasteiger partial charge in [-0.2, -0.15) is 4.31 Å². The first-order valence-corrected chi connectivity index (χ1v) is 6.19. The summed E-state index contributed by atoms with van der Waals surface area (Å²) < 4.78 is 30.1. The third-order valence-electron chi connectivity index (χ3n) is 2.27. The van der Waals surface area contributed by atoms with Gasteiger partial charge in [-0.15, -0.1) is 0 Å². The van der Waals surface area contributed by atoms with Crippen molar-refractivity contribution >= 4 is 10.0 Å². The van der Waals surface area contributed by atoms with Crippen molar-refractivity contribution in [2.75, 3.05) is 18.9 Å². The van der Waals surface area contributed by atoms with Gasteiger partial charge < -0.3 is 4.74 Å². The molecule has 1 rings (SSSR count). The Labute approximate surface area is 79.9 Å². The first-order chi connectivity index (χ1) is 5.97. The lowest BCUT2D eigenvalue weighted by atomic mass is 10.2. The number of ether oxygens (including phenoxy) is 1. The lowest BCUT2D eigenvalue weighted by molar-refractivity contribution is -0.0170. The van der Waals surface area contributed by atoms with E-state index in [0.29, 0.717) is 13.2 Å². The van der Waals surface area contributed by atoms with Crippen LogP contribution in [-0.4, -0.2) is 43.8 Å². The summed E-state index contributed by atoms with van der Waals surface area (Å²) >= 11 is 0. The van der Waals surface area contributed by atoms with Gasteiger partial charge in [-0.05, 0) is 20.8 Å². The zero-order valence-corrected chi connectivity index (χ0v) is 9.17. The average Bonchev–Trinajstić information content (AvgIpc) is 2.09. The Bertz CT molecular complexity index is 263. The highest BCUT2D eigenvalue weighted by Crippen LogP contribution is 2.15. The highest BCUT2D eigenvalue weighted by molar-refractivity contribution is 7.89. The molecule has 4 nitrogen and oxygen atoms in total. The molecule has 1 aliphatic heterocycles. The van der Waals surface area contributed by atoms with E-state index in [0.717, 1.165) is 0 Å². The first-order valence-electron chi connectivity index (χ1n) is 4.58. The highest BCUT2D eigenvalue weighted by Gasteiger charge is 2.31. The molecule has 0 aromatic heterocycles. The molecule has 0 aromatic rings. The Hall–Kier alpha value is -0.130. The smallest absolute Gasteiger partial charge is 0.214 e. The van der Waals surface area contributed by atoms with Crippen LogP contribution in [0.3, 0.4) is 0 Å². The Kier molecular flexibility index (Phi) is 3.32. The van der Waals surface area contributed by atoms with Crippen LogP contribution in [0.1, 0.15) is 20.8 Å². The Morgan fingerprint density at radius 1 is 1.46 bits per heavy atom. The minimum absolute atomic E-state index is 0.0116. The van der Waals surface area contributed by atoms with Gasteiger partial charge in [0.15, 0.2) is 0 Å². The molecule has 0 aromatic carbocycles. The van der Waals surface area contributed by atoms with E-state index < -0.39 is 10.0 Å². The second-order valence-electron chi connectivity index (χ2n) is 3.46. The molecule has 5 heteroatoms. The molecular formula is C8H17NO3S. The van der Waals surface area contributed by atoms with Crippen LogP contribution in [0, 0.1) is 0 Å². The third kappa shape index (κ3) is 2.42. The molecule has 0 bridgehead atoms. The van der Waals surface area contributed by atoms with Gasteiger partial charge in [-0.3, -0.25) is 0 Å². The summed E-state index contributed by atoms with van der Waals surface area (Å²) in [5.41, 5.74) is 0. The van der Waals surface area contributed by atoms with Crippen molar-refractivity contribution in [2.24, 2.45) is 0 Å². The SMILES string of the molecule is CCS(=O)(=O)N1CC(C)OCC1C. The fourth-order valence-corrected chi connectivity index (χ4v) is 2.80. The molecule has 78 valence electrons. The lowest BCUT2D eigenvalue weighted by Gasteiger charge is -2.35. The number of hydrogen-bond acceptors (Lipinski definition) is 3. The second kappa shape index (κ2) is 3.94. The molecule has 0 saturated carbocycles. The van der Waals surface area contributed by atoms with Gasteiger partial charge in [0, 0.05) is 12.6 Å². The molecular weight excluding hydrogens is 190 g/mol. The summed E-state index contributed by atoms with van der Waals surface area (Å²) in [4.78, 5) is 0. The van der Waals surface area contributed by atoms with E-state index in [1.807, 2.05) is 13.8 Å². The summed E-state index contributed by atoms with van der Waals surface area (Å²) in [6.07, 6.45) is 0.0116. The van der Waals surface area contributed by atoms with Gasteiger partial charge in [0.1, 0.15) is 0 Å². The fourth-order valence-electron chi connectivity index (χ4n) is 1.43. The van der Waals surface area contributed by atoms with E-state index in [4.69, 9.17) is 4.74 Å². The molecule has 0 amide bonds. The van der Waals surface area contributed by atoms with Crippen LogP contribution in [-0.2, 0) is 14.8 Å². The van der Waals surface area contributed by atoms with Gasteiger partial charge in [-0.1, -0.05) is 0 Å². The van der Waals surface area contributed by atoms with Crippen molar-refractivity contribution in [3.8, 4) is 0 Å². The molecule has 1 fully saturated rings. The second-order valence-corrected chi connectivity index (χ2v) is 5.67. The summed E-state index contributed by atoms with van der Waals surface area (Å²) in [6.45, 7) is 6.42. The van der Waals surface area contributed by atoms with Crippen molar-refractivity contribution in [2.45, 2.75) is 32.9 Å². The minimum Gasteiger partial charge on any atom is -0.375 e. The van der Waals surface area contributed by atoms with Gasteiger partial charge in [0.25, 0.3) is 0 Å². The van der Waals surface area contributed by atoms with Crippen molar-refractivity contribution in [3.63, 3.8) is 0 Å². The Morgan fingerprint density at radius 3 is 2.62 bits per heavy atom. The molecule has 2 unspecified atom stereocenters. The highest BCUT2D eigenvalue weighted by atomic mass is 32.2. The first kappa shape index (κ1) is 10.9. The van der Waals surface area contributed by atoms with Crippen molar-refractivity contribution in [1.82, 2.24) is 4.31 Å². The summed E-state index contributed by atoms with van der Waals surface area (Å²) in [6, 6.07) is -0.0267. The Morgan fingerprint density at radius 2 is 2.08 bits per heavy atom. The molecule has 0 N–H and O–H groups in total. The number of nitrogens with zero attached hydrogens (tertiary/aromatic N) is 1. The lowest BCUT2D eigenvalue weighted by Crippen LogP contribution is -2.50. The summed E-state index contributed by atoms with van der Waals surface area (Å²) in [5.74, 6) is 0.171. The minimum atomic E-state index is -3.05. The standard InChI is InChI=1S/C8H17NO3S/c1-4-13(10,11)9-5-8(3)12-6-7(9)2/h7-8H,4-6H2,1-3H3. The normalized spacial score (nSPS) is 31.9. The van der Waals surface area contributed by atoms with E-state index in [2.05, 4.69) is 0 Å². The van der Waals surface area contributed by atoms with E-state index in [1.165, 1.54) is 0 Å². The van der Waals surface area contributed by atoms with Crippen LogP contribution < -0.4 is 0 Å². The van der Waals surface area contributed by atoms with Gasteiger partial charge in [-0.25, -0.2) is 8.42 Å². The van der Waals surface area contributed by atoms with Crippen LogP contribution in [0.15, 0.2) is 0 Å². The number of rotatable bonds is 2. The maximum atomic E-state index is 11.6. The van der Waals surface area contributed by atoms with Crippen LogP contribution in [0.25, 0.3) is 0 Å². The maximum Gasteiger partial charge on any atom is 0.214 e. The van der Waals surface area contributed by atoms with Crippen molar-refractivity contribution in [3.05, 3.63) is 0 Å². The van der Waals surface area contributed by atoms with Crippen molar-refractivity contribution in [1.29, 1.82) is 0 Å². The van der Waals surface area contributed by atoms with Crippen LogP contribution >= 0.6 is 0 Å². The molecule has 1 saturated heterocycles. The Balaban J connectivity index is 2.77. The van der Waals surface area contributed by atoms with Gasteiger partial charge in [0.2, 0.25) is 10.0 Å². The molecule has 0 aliphatic carbocycles. The fraction of sp³-hybridized carbons (Fsp3) is 1.00. The number of hydrogen-bond donors (Lipinski definition) is 0. The quantitative estimate of drug-likeness (QED) is 0.660. The van der Waals surface area contributed by atoms with Crippen LogP contribution in [0.4, 0.5) is 0 Å². The topological polar surface area (TPSA) is 46.6 Å². The zero-order chi connectivity index (χ0) is 10.1. The summed E-state index contributed by atoms with van der Waals surface area (Å²) in [7, 11) is -3.05. The van der Waals surface area contributed by atoms with E-state index >= 15 is 0 Å². The summed E-state index contributed by atoms with van der Waals surface area (Å²) in [5, 5.41) is 0. The van der Waals surface area contributed by atoms with E-state index in [-0.39, 0.29) is 17.9 Å². The maximum absolute atomic E-state index is 11.6. The van der Waals surface area contributed by atoms with Gasteiger partial charge in [0.05, 0.1) is 18.5 Å². The number of morpholine rings is 1. The number of sulfonamides is 1. The average molecular weight is 207 g/mol. The van der Waals surface area contributed by atoms with E-state index in [1.54, 1.807) is 11.2 Å². The van der Waals surface area contributed by atoms with Crippen LogP contribution in [0.2, 0.25) is 0 Å². The van der Waals surface area contributed by atoms with Crippen molar-refractivity contribution < 1.29 is 13.2 Å². The monoisotopic (exact) mass is 207 g/mol. The third-order valence-corrected chi connectivity index (χ3v) is 4.23. The van der Waals surface area contributed by atoms with Gasteiger partial charge >= 0.3 is 0 Å². The largest absolute Gasteiger partial charge is 0.375 e.